The van der Waals surface area contributed by atoms with Crippen LogP contribution in [0.15, 0.2) is 11.6 Å². The van der Waals surface area contributed by atoms with Crippen molar-refractivity contribution >= 4 is 43.4 Å². The van der Waals surface area contributed by atoms with Crippen LogP contribution in [0.25, 0.3) is 0 Å². The van der Waals surface area contributed by atoms with Crippen LogP contribution in [0.5, 0.6) is 0 Å². The second kappa shape index (κ2) is 5.52. The summed E-state index contributed by atoms with van der Waals surface area (Å²) in [5, 5.41) is 1.65. The zero-order chi connectivity index (χ0) is 17.3. The Morgan fingerprint density at radius 3 is 2.54 bits per heavy atom. The van der Waals surface area contributed by atoms with Crippen molar-refractivity contribution in [3.8, 4) is 0 Å². The number of fused-ring (bicyclic) bond motifs is 2. The lowest BCUT2D eigenvalue weighted by molar-refractivity contribution is -0.171. The molecule has 0 aromatic rings. The van der Waals surface area contributed by atoms with Gasteiger partial charge in [0, 0.05) is 28.9 Å². The van der Waals surface area contributed by atoms with E-state index in [1.165, 1.54) is 5.57 Å². The van der Waals surface area contributed by atoms with Crippen LogP contribution in [0, 0.1) is 34.0 Å². The van der Waals surface area contributed by atoms with E-state index in [1.807, 2.05) is 0 Å². The monoisotopic (exact) mass is 456 g/mol. The molecule has 2 bridgehead atoms. The number of carbonyl (C=O) groups is 2. The van der Waals surface area contributed by atoms with E-state index in [4.69, 9.17) is 0 Å². The molecule has 0 unspecified atom stereocenters. The predicted octanol–water partition coefficient (Wildman–Crippen LogP) is 5.08. The highest BCUT2D eigenvalue weighted by molar-refractivity contribution is 9.09. The number of hydrogen-bond acceptors (Lipinski definition) is 2. The Bertz CT molecular complexity index is 642. The topological polar surface area (TPSA) is 34.1 Å². The fourth-order valence-corrected chi connectivity index (χ4v) is 8.19. The lowest BCUT2D eigenvalue weighted by Gasteiger charge is -2.65. The molecule has 5 aliphatic rings. The van der Waals surface area contributed by atoms with Gasteiger partial charge >= 0.3 is 0 Å². The van der Waals surface area contributed by atoms with Crippen molar-refractivity contribution in [3.05, 3.63) is 11.6 Å². The van der Waals surface area contributed by atoms with E-state index < -0.39 is 0 Å². The average Bonchev–Trinajstić information content (AvgIpc) is 2.58. The van der Waals surface area contributed by atoms with Crippen LogP contribution in [0.3, 0.4) is 0 Å². The maximum absolute atomic E-state index is 13.0. The number of ketones is 2. The van der Waals surface area contributed by atoms with E-state index >= 15 is 0 Å². The van der Waals surface area contributed by atoms with Gasteiger partial charge in [-0.05, 0) is 48.9 Å². The molecule has 5 aliphatic carbocycles. The summed E-state index contributed by atoms with van der Waals surface area (Å²) >= 11 is 7.28. The number of Topliss-reactive ketones (excluding diaryl/α,β-unsaturated/α-hetero) is 2. The van der Waals surface area contributed by atoms with Crippen LogP contribution < -0.4 is 0 Å². The minimum Gasteiger partial charge on any atom is -0.299 e. The molecule has 24 heavy (non-hydrogen) atoms. The lowest BCUT2D eigenvalue weighted by atomic mass is 9.38. The molecule has 0 aromatic heterocycles. The molecule has 6 atom stereocenters. The van der Waals surface area contributed by atoms with Crippen LogP contribution >= 0.6 is 31.9 Å². The van der Waals surface area contributed by atoms with Gasteiger partial charge in [-0.2, -0.15) is 0 Å². The maximum atomic E-state index is 13.0. The van der Waals surface area contributed by atoms with Crippen molar-refractivity contribution in [2.75, 3.05) is 10.7 Å². The Kier molecular flexibility index (Phi) is 4.01. The summed E-state index contributed by atoms with van der Waals surface area (Å²) < 4.78 is 0. The first-order chi connectivity index (χ1) is 11.3. The predicted molar refractivity (Wildman–Crippen MR) is 103 cm³/mol. The van der Waals surface area contributed by atoms with E-state index in [2.05, 4.69) is 51.8 Å². The summed E-state index contributed by atoms with van der Waals surface area (Å²) in [6.07, 6.45) is 7.82. The Hall–Kier alpha value is 0.0400. The standard InChI is InChI=1S/C20H26Br2O2/c1-18-5-4-16(23)19(2,11-22)14(18)3-6-20-9-13(10-21)12(7-15(18)20)8-17(20)24/h9,12,14-15H,3-8,10-11H2,1-2H3/t12-,14+,15+,18-,19-,20+/m0/s1. The van der Waals surface area contributed by atoms with Gasteiger partial charge in [0.2, 0.25) is 0 Å². The highest BCUT2D eigenvalue weighted by Gasteiger charge is 2.66. The summed E-state index contributed by atoms with van der Waals surface area (Å²) in [4.78, 5) is 25.8. The molecule has 5 rings (SSSR count). The highest BCUT2D eigenvalue weighted by Crippen LogP contribution is 2.69. The zero-order valence-electron chi connectivity index (χ0n) is 14.5. The molecule has 3 fully saturated rings. The van der Waals surface area contributed by atoms with Gasteiger partial charge in [0.15, 0.2) is 0 Å². The molecule has 0 saturated heterocycles. The highest BCUT2D eigenvalue weighted by atomic mass is 79.9. The van der Waals surface area contributed by atoms with Gasteiger partial charge in [-0.15, -0.1) is 0 Å². The molecule has 0 heterocycles. The number of hydrogen-bond donors (Lipinski definition) is 0. The molecule has 3 saturated carbocycles. The Balaban J connectivity index is 1.81. The van der Waals surface area contributed by atoms with E-state index in [1.54, 1.807) is 0 Å². The summed E-state index contributed by atoms with van der Waals surface area (Å²) in [5.41, 5.74) is 1.05. The Morgan fingerprint density at radius 2 is 1.88 bits per heavy atom. The summed E-state index contributed by atoms with van der Waals surface area (Å²) in [6.45, 7) is 4.55. The van der Waals surface area contributed by atoms with E-state index in [9.17, 15) is 9.59 Å². The van der Waals surface area contributed by atoms with Crippen molar-refractivity contribution < 1.29 is 9.59 Å². The van der Waals surface area contributed by atoms with Crippen LogP contribution in [0.4, 0.5) is 0 Å². The Labute approximate surface area is 161 Å². The fourth-order valence-electron chi connectivity index (χ4n) is 6.87. The molecule has 1 spiro atoms. The van der Waals surface area contributed by atoms with Crippen molar-refractivity contribution in [2.45, 2.75) is 52.4 Å². The average molecular weight is 458 g/mol. The van der Waals surface area contributed by atoms with Gasteiger partial charge in [-0.3, -0.25) is 9.59 Å². The summed E-state index contributed by atoms with van der Waals surface area (Å²) in [5.74, 6) is 2.14. The first-order valence-electron chi connectivity index (χ1n) is 9.22. The van der Waals surface area contributed by atoms with E-state index in [0.29, 0.717) is 35.7 Å². The molecule has 0 N–H and O–H groups in total. The van der Waals surface area contributed by atoms with Gasteiger partial charge in [-0.1, -0.05) is 57.4 Å². The summed E-state index contributed by atoms with van der Waals surface area (Å²) in [7, 11) is 0. The van der Waals surface area contributed by atoms with Gasteiger partial charge in [0.25, 0.3) is 0 Å². The second-order valence-corrected chi connectivity index (χ2v) is 10.2. The molecule has 132 valence electrons. The maximum Gasteiger partial charge on any atom is 0.143 e. The third-order valence-corrected chi connectivity index (χ3v) is 10.0. The van der Waals surface area contributed by atoms with Crippen molar-refractivity contribution in [2.24, 2.45) is 34.0 Å². The molecule has 0 aliphatic heterocycles. The van der Waals surface area contributed by atoms with Crippen molar-refractivity contribution in [3.63, 3.8) is 0 Å². The molecule has 0 radical (unpaired) electrons. The van der Waals surface area contributed by atoms with Crippen LogP contribution in [0.1, 0.15) is 52.4 Å². The van der Waals surface area contributed by atoms with Crippen LogP contribution in [-0.2, 0) is 9.59 Å². The quantitative estimate of drug-likeness (QED) is 0.427. The molecule has 0 aromatic carbocycles. The van der Waals surface area contributed by atoms with Crippen LogP contribution in [-0.4, -0.2) is 22.2 Å². The molecule has 0 amide bonds. The summed E-state index contributed by atoms with van der Waals surface area (Å²) in [6, 6.07) is 0. The number of halogens is 2. The first kappa shape index (κ1) is 17.5. The zero-order valence-corrected chi connectivity index (χ0v) is 17.7. The molecule has 4 heteroatoms. The van der Waals surface area contributed by atoms with Crippen LogP contribution in [0.2, 0.25) is 0 Å². The van der Waals surface area contributed by atoms with E-state index in [-0.39, 0.29) is 16.2 Å². The van der Waals surface area contributed by atoms with Crippen molar-refractivity contribution in [1.29, 1.82) is 0 Å². The minimum absolute atomic E-state index is 0.108. The number of carbonyl (C=O) groups excluding carboxylic acids is 2. The van der Waals surface area contributed by atoms with Crippen molar-refractivity contribution in [1.82, 2.24) is 0 Å². The fraction of sp³-hybridized carbons (Fsp3) is 0.800. The second-order valence-electron chi connectivity index (χ2n) is 9.08. The number of allylic oxidation sites excluding steroid dienone is 2. The van der Waals surface area contributed by atoms with Gasteiger partial charge in [-0.25, -0.2) is 0 Å². The Morgan fingerprint density at radius 1 is 1.12 bits per heavy atom. The number of alkyl halides is 2. The molecular formula is C20H26Br2O2. The molecule has 2 nitrogen and oxygen atoms in total. The number of rotatable bonds is 2. The third-order valence-electron chi connectivity index (χ3n) is 8.23. The third kappa shape index (κ3) is 1.99. The SMILES string of the molecule is C[C@]12CCC(=O)[C@@](C)(CBr)[C@@H]1CC[C@]13C=C(CBr)[C@H](CC1=O)C[C@H]23. The van der Waals surface area contributed by atoms with Gasteiger partial charge < -0.3 is 0 Å². The first-order valence-corrected chi connectivity index (χ1v) is 11.5. The minimum atomic E-state index is -0.268. The normalized spacial score (nSPS) is 50.3. The van der Waals surface area contributed by atoms with Gasteiger partial charge in [0.05, 0.1) is 5.41 Å². The van der Waals surface area contributed by atoms with E-state index in [0.717, 1.165) is 42.8 Å². The van der Waals surface area contributed by atoms with Gasteiger partial charge in [0.1, 0.15) is 11.6 Å². The smallest absolute Gasteiger partial charge is 0.143 e. The largest absolute Gasteiger partial charge is 0.299 e. The lowest BCUT2D eigenvalue weighted by Crippen LogP contribution is -2.63. The molecular weight excluding hydrogens is 432 g/mol.